The summed E-state index contributed by atoms with van der Waals surface area (Å²) in [5.74, 6) is -0.995. The van der Waals surface area contributed by atoms with E-state index >= 15 is 0 Å². The van der Waals surface area contributed by atoms with Crippen molar-refractivity contribution in [3.8, 4) is 5.75 Å². The number of halogens is 1. The van der Waals surface area contributed by atoms with Crippen LogP contribution in [-0.2, 0) is 6.42 Å². The average Bonchev–Trinajstić information content (AvgIpc) is 2.09. The number of phenolic OH excluding ortho intramolecular Hbond substituents is 1. The van der Waals surface area contributed by atoms with E-state index in [1.54, 1.807) is 6.07 Å². The van der Waals surface area contributed by atoms with Gasteiger partial charge in [0.1, 0.15) is 0 Å². The highest BCUT2D eigenvalue weighted by molar-refractivity contribution is 5.29. The summed E-state index contributed by atoms with van der Waals surface area (Å²) in [7, 11) is 0. The first kappa shape index (κ1) is 9.43. The van der Waals surface area contributed by atoms with Gasteiger partial charge in [0.2, 0.25) is 0 Å². The number of aromatic hydroxyl groups is 1. The minimum absolute atomic E-state index is 0.354. The van der Waals surface area contributed by atoms with Crippen molar-refractivity contribution in [2.75, 3.05) is 13.1 Å². The normalized spacial score (nSPS) is 19.0. The lowest BCUT2D eigenvalue weighted by Gasteiger charge is -2.37. The Kier molecular flexibility index (Phi) is 2.17. The molecular formula is C10H12FNO2. The first-order chi connectivity index (χ1) is 6.59. The predicted molar refractivity (Wildman–Crippen MR) is 49.6 cm³/mol. The number of nitrogens with one attached hydrogen (secondary N) is 1. The van der Waals surface area contributed by atoms with Crippen molar-refractivity contribution in [1.29, 1.82) is 0 Å². The van der Waals surface area contributed by atoms with Crippen molar-refractivity contribution in [2.24, 2.45) is 0 Å². The van der Waals surface area contributed by atoms with Gasteiger partial charge in [0, 0.05) is 19.5 Å². The van der Waals surface area contributed by atoms with Crippen LogP contribution in [0.4, 0.5) is 4.39 Å². The molecule has 0 atom stereocenters. The molecule has 0 aromatic heterocycles. The van der Waals surface area contributed by atoms with E-state index in [1.807, 2.05) is 0 Å². The molecule has 1 fully saturated rings. The number of hydrogen-bond acceptors (Lipinski definition) is 3. The van der Waals surface area contributed by atoms with Crippen LogP contribution >= 0.6 is 0 Å². The second-order valence-electron chi connectivity index (χ2n) is 3.79. The number of phenols is 1. The van der Waals surface area contributed by atoms with Gasteiger partial charge in [-0.15, -0.1) is 0 Å². The lowest BCUT2D eigenvalue weighted by Crippen LogP contribution is -2.60. The second kappa shape index (κ2) is 3.22. The fourth-order valence-electron chi connectivity index (χ4n) is 1.58. The van der Waals surface area contributed by atoms with E-state index in [1.165, 1.54) is 12.1 Å². The highest BCUT2D eigenvalue weighted by atomic mass is 19.1. The summed E-state index contributed by atoms with van der Waals surface area (Å²) in [6, 6.07) is 4.18. The summed E-state index contributed by atoms with van der Waals surface area (Å²) in [4.78, 5) is 0. The third-order valence-electron chi connectivity index (χ3n) is 2.45. The molecule has 3 nitrogen and oxygen atoms in total. The van der Waals surface area contributed by atoms with Gasteiger partial charge in [-0.1, -0.05) is 6.07 Å². The van der Waals surface area contributed by atoms with E-state index in [4.69, 9.17) is 5.11 Å². The van der Waals surface area contributed by atoms with E-state index in [-0.39, 0.29) is 5.75 Å². The zero-order valence-corrected chi connectivity index (χ0v) is 7.63. The van der Waals surface area contributed by atoms with Crippen LogP contribution in [0.25, 0.3) is 0 Å². The van der Waals surface area contributed by atoms with Gasteiger partial charge in [-0.2, -0.15) is 0 Å². The largest absolute Gasteiger partial charge is 0.505 e. The summed E-state index contributed by atoms with van der Waals surface area (Å²) in [6.45, 7) is 1.07. The molecule has 2 rings (SSSR count). The SMILES string of the molecule is Oc1ccc(CC2(O)CNC2)cc1F. The Hall–Kier alpha value is -1.13. The van der Waals surface area contributed by atoms with Crippen LogP contribution in [0.5, 0.6) is 5.75 Å². The molecule has 0 aliphatic carbocycles. The fourth-order valence-corrected chi connectivity index (χ4v) is 1.58. The lowest BCUT2D eigenvalue weighted by atomic mass is 9.89. The molecule has 3 N–H and O–H groups in total. The molecule has 0 spiro atoms. The Morgan fingerprint density at radius 3 is 2.64 bits per heavy atom. The molecule has 1 aliphatic heterocycles. The van der Waals surface area contributed by atoms with Crippen LogP contribution in [0.1, 0.15) is 5.56 Å². The molecule has 4 heteroatoms. The summed E-state index contributed by atoms with van der Waals surface area (Å²) in [6.07, 6.45) is 0.414. The Labute approximate surface area is 81.2 Å². The van der Waals surface area contributed by atoms with Crippen LogP contribution in [0, 0.1) is 5.82 Å². The highest BCUT2D eigenvalue weighted by Gasteiger charge is 2.34. The van der Waals surface area contributed by atoms with E-state index < -0.39 is 11.4 Å². The molecule has 0 unspecified atom stereocenters. The highest BCUT2D eigenvalue weighted by Crippen LogP contribution is 2.21. The van der Waals surface area contributed by atoms with Gasteiger partial charge in [-0.05, 0) is 17.7 Å². The lowest BCUT2D eigenvalue weighted by molar-refractivity contribution is -0.00907. The summed E-state index contributed by atoms with van der Waals surface area (Å²) < 4.78 is 12.9. The van der Waals surface area contributed by atoms with Crippen molar-refractivity contribution in [3.63, 3.8) is 0 Å². The maximum atomic E-state index is 12.9. The zero-order chi connectivity index (χ0) is 10.2. The number of hydrogen-bond donors (Lipinski definition) is 3. The van der Waals surface area contributed by atoms with Crippen molar-refractivity contribution in [1.82, 2.24) is 5.32 Å². The van der Waals surface area contributed by atoms with E-state index in [2.05, 4.69) is 5.32 Å². The minimum Gasteiger partial charge on any atom is -0.505 e. The monoisotopic (exact) mass is 197 g/mol. The molecule has 0 saturated carbocycles. The number of benzene rings is 1. The van der Waals surface area contributed by atoms with Crippen LogP contribution in [0.3, 0.4) is 0 Å². The van der Waals surface area contributed by atoms with Crippen LogP contribution in [0.15, 0.2) is 18.2 Å². The van der Waals surface area contributed by atoms with E-state index in [9.17, 15) is 9.50 Å². The van der Waals surface area contributed by atoms with E-state index in [0.29, 0.717) is 25.1 Å². The molecule has 0 bridgehead atoms. The van der Waals surface area contributed by atoms with Gasteiger partial charge >= 0.3 is 0 Å². The third-order valence-corrected chi connectivity index (χ3v) is 2.45. The molecule has 1 aliphatic rings. The van der Waals surface area contributed by atoms with Gasteiger partial charge in [-0.3, -0.25) is 0 Å². The fraction of sp³-hybridized carbons (Fsp3) is 0.400. The molecule has 76 valence electrons. The smallest absolute Gasteiger partial charge is 0.165 e. The predicted octanol–water partition coefficient (Wildman–Crippen LogP) is 0.408. The molecule has 1 saturated heterocycles. The molecule has 0 radical (unpaired) electrons. The van der Waals surface area contributed by atoms with E-state index in [0.717, 1.165) is 0 Å². The Bertz CT molecular complexity index is 350. The average molecular weight is 197 g/mol. The first-order valence-electron chi connectivity index (χ1n) is 4.50. The molecule has 1 aromatic carbocycles. The maximum Gasteiger partial charge on any atom is 0.165 e. The summed E-state index contributed by atoms with van der Waals surface area (Å²) >= 11 is 0. The minimum atomic E-state index is -0.747. The van der Waals surface area contributed by atoms with Gasteiger partial charge in [0.25, 0.3) is 0 Å². The molecule has 1 heterocycles. The maximum absolute atomic E-state index is 12.9. The van der Waals surface area contributed by atoms with Crippen molar-refractivity contribution in [3.05, 3.63) is 29.6 Å². The standard InChI is InChI=1S/C10H12FNO2/c11-8-3-7(1-2-9(8)13)4-10(14)5-12-6-10/h1-3,12-14H,4-6H2. The molecule has 0 amide bonds. The van der Waals surface area contributed by atoms with Gasteiger partial charge in [-0.25, -0.2) is 4.39 Å². The molecule has 1 aromatic rings. The number of rotatable bonds is 2. The zero-order valence-electron chi connectivity index (χ0n) is 7.63. The topological polar surface area (TPSA) is 52.5 Å². The van der Waals surface area contributed by atoms with Gasteiger partial charge < -0.3 is 15.5 Å². The van der Waals surface area contributed by atoms with Crippen LogP contribution in [0.2, 0.25) is 0 Å². The Balaban J connectivity index is 2.13. The van der Waals surface area contributed by atoms with Crippen LogP contribution < -0.4 is 5.32 Å². The summed E-state index contributed by atoms with van der Waals surface area (Å²) in [5, 5.41) is 21.7. The third kappa shape index (κ3) is 1.71. The first-order valence-corrected chi connectivity index (χ1v) is 4.50. The quantitative estimate of drug-likeness (QED) is 0.643. The van der Waals surface area contributed by atoms with Crippen LogP contribution in [-0.4, -0.2) is 28.9 Å². The number of aliphatic hydroxyl groups is 1. The summed E-state index contributed by atoms with van der Waals surface area (Å²) in [5.41, 5.74) is -0.0482. The number of β-amino-alcohol motifs (C(OH)–C–C–N with tert-alkyl or cyclic N) is 1. The van der Waals surface area contributed by atoms with Crippen molar-refractivity contribution >= 4 is 0 Å². The van der Waals surface area contributed by atoms with Gasteiger partial charge in [0.05, 0.1) is 5.60 Å². The van der Waals surface area contributed by atoms with Crippen molar-refractivity contribution in [2.45, 2.75) is 12.0 Å². The van der Waals surface area contributed by atoms with Crippen molar-refractivity contribution < 1.29 is 14.6 Å². The molecule has 14 heavy (non-hydrogen) atoms. The molecular weight excluding hydrogens is 185 g/mol. The Morgan fingerprint density at radius 2 is 2.14 bits per heavy atom. The van der Waals surface area contributed by atoms with Gasteiger partial charge in [0.15, 0.2) is 11.6 Å². The Morgan fingerprint density at radius 1 is 1.43 bits per heavy atom. The second-order valence-corrected chi connectivity index (χ2v) is 3.79.